The number of halogens is 3. The molecule has 0 radical (unpaired) electrons. The normalized spacial score (nSPS) is 12.5. The molecule has 0 aliphatic heterocycles. The van der Waals surface area contributed by atoms with Crippen molar-refractivity contribution in [1.82, 2.24) is 10.2 Å². The second-order valence-corrected chi connectivity index (χ2v) is 14.1. The van der Waals surface area contributed by atoms with Crippen molar-refractivity contribution in [3.05, 3.63) is 92.4 Å². The van der Waals surface area contributed by atoms with Crippen LogP contribution < -0.4 is 9.62 Å². The first-order valence-corrected chi connectivity index (χ1v) is 15.5. The number of sulfonamides is 1. The lowest BCUT2D eigenvalue weighted by Crippen LogP contribution is -2.54. The van der Waals surface area contributed by atoms with Crippen molar-refractivity contribution in [2.45, 2.75) is 57.6 Å². The SMILES string of the molecule is Cc1ccc(S(=O)(=O)N(CC(=O)N(Cc2cccc(Br)c2)[C@H](C)C(=O)NC(C)(C)C)c2cc(Cl)ccc2Cl)cc1. The monoisotopic (exact) mass is 667 g/mol. The topological polar surface area (TPSA) is 86.8 Å². The molecule has 0 spiro atoms. The molecule has 0 aliphatic rings. The summed E-state index contributed by atoms with van der Waals surface area (Å²) in [6, 6.07) is 17.1. The lowest BCUT2D eigenvalue weighted by Gasteiger charge is -2.33. The number of hydrogen-bond acceptors (Lipinski definition) is 4. The molecule has 3 aromatic carbocycles. The van der Waals surface area contributed by atoms with Crippen molar-refractivity contribution in [2.24, 2.45) is 0 Å². The minimum Gasteiger partial charge on any atom is -0.350 e. The van der Waals surface area contributed by atoms with Crippen molar-refractivity contribution in [1.29, 1.82) is 0 Å². The Morgan fingerprint density at radius 2 is 1.65 bits per heavy atom. The molecule has 7 nitrogen and oxygen atoms in total. The molecule has 3 aromatic rings. The summed E-state index contributed by atoms with van der Waals surface area (Å²) in [6.45, 7) is 8.44. The van der Waals surface area contributed by atoms with E-state index in [0.29, 0.717) is 0 Å². The van der Waals surface area contributed by atoms with Crippen LogP contribution >= 0.6 is 39.1 Å². The molecule has 11 heteroatoms. The van der Waals surface area contributed by atoms with Crippen LogP contribution in [0, 0.1) is 6.92 Å². The molecule has 40 heavy (non-hydrogen) atoms. The number of nitrogens with one attached hydrogen (secondary N) is 1. The van der Waals surface area contributed by atoms with Gasteiger partial charge in [0.05, 0.1) is 15.6 Å². The molecule has 214 valence electrons. The van der Waals surface area contributed by atoms with E-state index in [0.717, 1.165) is 19.9 Å². The number of carbonyl (C=O) groups excluding carboxylic acids is 2. The molecule has 0 bridgehead atoms. The first kappa shape index (κ1) is 31.9. The lowest BCUT2D eigenvalue weighted by atomic mass is 10.1. The minimum atomic E-state index is -4.26. The zero-order valence-corrected chi connectivity index (χ0v) is 26.8. The van der Waals surface area contributed by atoms with E-state index < -0.39 is 34.1 Å². The zero-order valence-electron chi connectivity index (χ0n) is 22.9. The molecule has 0 unspecified atom stereocenters. The van der Waals surface area contributed by atoms with E-state index >= 15 is 0 Å². The Hall–Kier alpha value is -2.59. The largest absolute Gasteiger partial charge is 0.350 e. The van der Waals surface area contributed by atoms with Crippen LogP contribution in [-0.2, 0) is 26.2 Å². The highest BCUT2D eigenvalue weighted by Gasteiger charge is 2.34. The van der Waals surface area contributed by atoms with Crippen LogP contribution in [0.5, 0.6) is 0 Å². The van der Waals surface area contributed by atoms with Gasteiger partial charge in [0.15, 0.2) is 0 Å². The molecular formula is C29H32BrCl2N3O4S. The molecule has 2 amide bonds. The lowest BCUT2D eigenvalue weighted by molar-refractivity contribution is -0.140. The number of benzene rings is 3. The fourth-order valence-electron chi connectivity index (χ4n) is 3.92. The summed E-state index contributed by atoms with van der Waals surface area (Å²) in [4.78, 5) is 28.5. The summed E-state index contributed by atoms with van der Waals surface area (Å²) in [5.74, 6) is -0.965. The van der Waals surface area contributed by atoms with Gasteiger partial charge in [0, 0.05) is 21.6 Å². The average Bonchev–Trinajstić information content (AvgIpc) is 2.86. The summed E-state index contributed by atoms with van der Waals surface area (Å²) in [5.41, 5.74) is 1.15. The maximum Gasteiger partial charge on any atom is 0.264 e. The number of carbonyl (C=O) groups is 2. The molecule has 0 heterocycles. The number of rotatable bonds is 9. The average molecular weight is 669 g/mol. The highest BCUT2D eigenvalue weighted by molar-refractivity contribution is 9.10. The summed E-state index contributed by atoms with van der Waals surface area (Å²) < 4.78 is 29.6. The number of aryl methyl sites for hydroxylation is 1. The molecule has 0 aliphatic carbocycles. The number of anilines is 1. The van der Waals surface area contributed by atoms with E-state index in [1.165, 1.54) is 35.2 Å². The Bertz CT molecular complexity index is 1490. The van der Waals surface area contributed by atoms with Crippen LogP contribution in [0.1, 0.15) is 38.8 Å². The number of amides is 2. The van der Waals surface area contributed by atoms with Gasteiger partial charge in [0.2, 0.25) is 11.8 Å². The van der Waals surface area contributed by atoms with Crippen LogP contribution in [0.2, 0.25) is 10.0 Å². The van der Waals surface area contributed by atoms with Gasteiger partial charge in [0.25, 0.3) is 10.0 Å². The summed E-state index contributed by atoms with van der Waals surface area (Å²) >= 11 is 16.1. The molecular weight excluding hydrogens is 637 g/mol. The molecule has 1 N–H and O–H groups in total. The molecule has 0 saturated carbocycles. The molecule has 0 saturated heterocycles. The van der Waals surface area contributed by atoms with Gasteiger partial charge in [-0.1, -0.05) is 69.0 Å². The molecule has 0 aromatic heterocycles. The Morgan fingerprint density at radius 3 is 2.25 bits per heavy atom. The van der Waals surface area contributed by atoms with Gasteiger partial charge in [-0.3, -0.25) is 13.9 Å². The maximum atomic E-state index is 14.0. The number of hydrogen-bond donors (Lipinski definition) is 1. The summed E-state index contributed by atoms with van der Waals surface area (Å²) in [7, 11) is -4.26. The fraction of sp³-hybridized carbons (Fsp3) is 0.310. The third-order valence-electron chi connectivity index (χ3n) is 5.97. The standard InChI is InChI=1S/C29H32BrCl2N3O4S/c1-19-9-12-24(13-10-19)40(38,39)35(26-16-23(31)11-14-25(26)32)18-27(36)34(17-21-7-6-8-22(30)15-21)20(2)28(37)33-29(3,4)5/h6-16,20H,17-18H2,1-5H3,(H,33,37)/t20-/m1/s1. The van der Waals surface area contributed by atoms with E-state index in [2.05, 4.69) is 21.2 Å². The van der Waals surface area contributed by atoms with Crippen molar-refractivity contribution >= 4 is 66.7 Å². The van der Waals surface area contributed by atoms with Gasteiger partial charge in [-0.05, 0) is 82.6 Å². The van der Waals surface area contributed by atoms with Gasteiger partial charge in [-0.2, -0.15) is 0 Å². The maximum absolute atomic E-state index is 14.0. The van der Waals surface area contributed by atoms with E-state index in [1.54, 1.807) is 19.1 Å². The highest BCUT2D eigenvalue weighted by Crippen LogP contribution is 2.33. The van der Waals surface area contributed by atoms with Crippen molar-refractivity contribution in [3.8, 4) is 0 Å². The number of nitrogens with zero attached hydrogens (tertiary/aromatic N) is 2. The zero-order chi connectivity index (χ0) is 29.8. The third kappa shape index (κ3) is 8.22. The summed E-state index contributed by atoms with van der Waals surface area (Å²) in [5, 5.41) is 3.25. The van der Waals surface area contributed by atoms with E-state index in [-0.39, 0.29) is 33.1 Å². The van der Waals surface area contributed by atoms with Crippen LogP contribution in [0.3, 0.4) is 0 Å². The van der Waals surface area contributed by atoms with E-state index in [4.69, 9.17) is 23.2 Å². The van der Waals surface area contributed by atoms with Gasteiger partial charge >= 0.3 is 0 Å². The third-order valence-corrected chi connectivity index (χ3v) is 8.79. The quantitative estimate of drug-likeness (QED) is 0.279. The predicted octanol–water partition coefficient (Wildman–Crippen LogP) is 6.59. The smallest absolute Gasteiger partial charge is 0.264 e. The fourth-order valence-corrected chi connectivity index (χ4v) is 6.22. The Kier molecular flexibility index (Phi) is 10.3. The Morgan fingerprint density at radius 1 is 1.00 bits per heavy atom. The van der Waals surface area contributed by atoms with Gasteiger partial charge in [-0.25, -0.2) is 8.42 Å². The van der Waals surface area contributed by atoms with Crippen molar-refractivity contribution in [3.63, 3.8) is 0 Å². The van der Waals surface area contributed by atoms with Crippen LogP contribution in [-0.4, -0.2) is 43.3 Å². The van der Waals surface area contributed by atoms with Crippen LogP contribution in [0.25, 0.3) is 0 Å². The highest BCUT2D eigenvalue weighted by atomic mass is 79.9. The predicted molar refractivity (Wildman–Crippen MR) is 164 cm³/mol. The second-order valence-electron chi connectivity index (χ2n) is 10.5. The van der Waals surface area contributed by atoms with Crippen molar-refractivity contribution in [2.75, 3.05) is 10.8 Å². The van der Waals surface area contributed by atoms with Crippen molar-refractivity contribution < 1.29 is 18.0 Å². The van der Waals surface area contributed by atoms with Gasteiger partial charge < -0.3 is 10.2 Å². The summed E-state index contributed by atoms with van der Waals surface area (Å²) in [6.07, 6.45) is 0. The molecule has 3 rings (SSSR count). The Balaban J connectivity index is 2.08. The van der Waals surface area contributed by atoms with Gasteiger partial charge in [0.1, 0.15) is 12.6 Å². The van der Waals surface area contributed by atoms with E-state index in [9.17, 15) is 18.0 Å². The van der Waals surface area contributed by atoms with Gasteiger partial charge in [-0.15, -0.1) is 0 Å². The van der Waals surface area contributed by atoms with E-state index in [1.807, 2.05) is 52.0 Å². The first-order valence-electron chi connectivity index (χ1n) is 12.5. The second kappa shape index (κ2) is 12.9. The molecule has 0 fully saturated rings. The van der Waals surface area contributed by atoms with Crippen LogP contribution in [0.4, 0.5) is 5.69 Å². The first-order chi connectivity index (χ1) is 18.6. The molecule has 1 atom stereocenters. The van der Waals surface area contributed by atoms with Crippen LogP contribution in [0.15, 0.2) is 76.1 Å². The Labute approximate surface area is 254 Å². The minimum absolute atomic E-state index is 0.0148.